The number of imide groups is 4. The maximum Gasteiger partial charge on any atom is 0.308 e. The molecule has 3 N–H and O–H groups in total. The molecule has 0 radical (unpaired) electrons. The number of nitrogens with zero attached hydrogens (tertiary/aromatic N) is 2. The summed E-state index contributed by atoms with van der Waals surface area (Å²) in [6.07, 6.45) is 0.736. The van der Waals surface area contributed by atoms with Gasteiger partial charge in [0, 0.05) is 18.2 Å². The molecule has 4 aliphatic rings. The molecule has 0 bridgehead atoms. The molecule has 0 aliphatic carbocycles. The second-order valence-electron chi connectivity index (χ2n) is 17.9. The summed E-state index contributed by atoms with van der Waals surface area (Å²) in [7, 11) is 0. The summed E-state index contributed by atoms with van der Waals surface area (Å²) in [5.41, 5.74) is -0.734. The quantitative estimate of drug-likeness (QED) is 0.0743. The molecule has 71 heavy (non-hydrogen) atoms. The number of ether oxygens (including phenoxy) is 7. The number of hydrogen-bond acceptors (Lipinski definition) is 18. The maximum absolute atomic E-state index is 13.0. The van der Waals surface area contributed by atoms with Crippen molar-refractivity contribution in [2.75, 3.05) is 64.8 Å². The lowest BCUT2D eigenvalue weighted by atomic mass is 10.0. The summed E-state index contributed by atoms with van der Waals surface area (Å²) < 4.78 is 37.2. The number of carbonyl (C=O) groups excluding carboxylic acids is 10. The van der Waals surface area contributed by atoms with E-state index in [0.717, 1.165) is 15.1 Å². The SMILES string of the molecule is CC(C)(C)OC(=O)CCOCCOCCBr.CC(C)(C)OC(=O)CCOCCOCCOc1cccc2c1C(=O)N(C1CCC(=O)NC1=O)C2=O.O=C1CCC(N2C(=O)c3cccc(O)c3C2=O)C(=O)N1. The lowest BCUT2D eigenvalue weighted by Gasteiger charge is -2.27. The van der Waals surface area contributed by atoms with Gasteiger partial charge in [-0.25, -0.2) is 0 Å². The number of alkyl halides is 1. The number of hydrogen-bond donors (Lipinski definition) is 3. The number of esters is 2. The van der Waals surface area contributed by atoms with Gasteiger partial charge >= 0.3 is 11.9 Å². The number of phenolic OH excluding ortho intramolecular Hbond substituents is 1. The number of carbonyl (C=O) groups is 10. The van der Waals surface area contributed by atoms with Gasteiger partial charge in [0.2, 0.25) is 23.6 Å². The van der Waals surface area contributed by atoms with Crippen LogP contribution in [-0.4, -0.2) is 162 Å². The van der Waals surface area contributed by atoms with Crippen molar-refractivity contribution in [1.82, 2.24) is 20.4 Å². The lowest BCUT2D eigenvalue weighted by Crippen LogP contribution is -2.54. The van der Waals surface area contributed by atoms with Crippen LogP contribution >= 0.6 is 15.9 Å². The molecule has 2 atom stereocenters. The molecule has 6 rings (SSSR count). The lowest BCUT2D eigenvalue weighted by molar-refractivity contribution is -0.157. The molecule has 4 heterocycles. The second-order valence-corrected chi connectivity index (χ2v) is 18.7. The van der Waals surface area contributed by atoms with Crippen LogP contribution in [-0.2, 0) is 57.2 Å². The van der Waals surface area contributed by atoms with E-state index in [2.05, 4.69) is 26.6 Å². The molecule has 2 aromatic rings. The molecule has 0 aromatic heterocycles. The summed E-state index contributed by atoms with van der Waals surface area (Å²) in [5.74, 6) is -5.39. The molecule has 22 nitrogen and oxygen atoms in total. The van der Waals surface area contributed by atoms with Crippen molar-refractivity contribution in [3.63, 3.8) is 0 Å². The van der Waals surface area contributed by atoms with Gasteiger partial charge in [-0.05, 0) is 78.6 Å². The average molecular weight is 1060 g/mol. The first-order valence-electron chi connectivity index (χ1n) is 22.9. The normalized spacial score (nSPS) is 17.6. The third-order valence-corrected chi connectivity index (χ3v) is 10.4. The minimum Gasteiger partial charge on any atom is -0.507 e. The molecule has 2 saturated heterocycles. The van der Waals surface area contributed by atoms with Crippen molar-refractivity contribution in [3.8, 4) is 11.5 Å². The van der Waals surface area contributed by atoms with Gasteiger partial charge in [0.15, 0.2) is 0 Å². The van der Waals surface area contributed by atoms with E-state index in [0.29, 0.717) is 26.4 Å². The van der Waals surface area contributed by atoms with Crippen molar-refractivity contribution in [1.29, 1.82) is 0 Å². The Morgan fingerprint density at radius 3 is 1.42 bits per heavy atom. The number of aromatic hydroxyl groups is 1. The van der Waals surface area contributed by atoms with E-state index in [1.165, 1.54) is 24.3 Å². The van der Waals surface area contributed by atoms with E-state index in [1.807, 2.05) is 20.8 Å². The standard InChI is InChI=1S/C24H30N2O9.C13H10N2O5.C11H21BrO4/c1-24(2,3)35-19(28)9-10-32-11-12-33-13-14-34-17-6-4-5-15-20(17)23(31)26(22(15)30)16-7-8-18(27)25-21(16)29;16-8-3-1-2-6-10(8)13(20)15(12(6)19)7-4-5-9(17)14-11(7)18;1-11(2,3)16-10(13)4-6-14-8-9-15-7-5-12/h4-6,16H,7-14H2,1-3H3,(H,25,27,29);1-3,7,16H,4-5H2,(H,14,17,18);4-9H2,1-3H3. The Morgan fingerprint density at radius 2 is 0.986 bits per heavy atom. The first-order chi connectivity index (χ1) is 33.5. The Morgan fingerprint density at radius 1 is 0.577 bits per heavy atom. The molecule has 4 aliphatic heterocycles. The van der Waals surface area contributed by atoms with Crippen molar-refractivity contribution >= 4 is 75.1 Å². The van der Waals surface area contributed by atoms with E-state index >= 15 is 0 Å². The third kappa shape index (κ3) is 17.3. The van der Waals surface area contributed by atoms with Gasteiger partial charge < -0.3 is 38.3 Å². The zero-order chi connectivity index (χ0) is 52.5. The molecular weight excluding hydrogens is 1000 g/mol. The first-order valence-corrected chi connectivity index (χ1v) is 24.0. The van der Waals surface area contributed by atoms with E-state index in [4.69, 9.17) is 33.2 Å². The largest absolute Gasteiger partial charge is 0.507 e. The predicted octanol–water partition coefficient (Wildman–Crippen LogP) is 3.17. The molecule has 2 aromatic carbocycles. The Labute approximate surface area is 418 Å². The van der Waals surface area contributed by atoms with Crippen molar-refractivity contribution in [3.05, 3.63) is 58.7 Å². The fourth-order valence-electron chi connectivity index (χ4n) is 7.11. The highest BCUT2D eigenvalue weighted by Crippen LogP contribution is 2.34. The smallest absolute Gasteiger partial charge is 0.308 e. The second kappa shape index (κ2) is 26.9. The maximum atomic E-state index is 13.0. The number of piperidine rings is 2. The number of phenols is 1. The van der Waals surface area contributed by atoms with Crippen LogP contribution in [0.5, 0.6) is 11.5 Å². The molecule has 0 saturated carbocycles. The van der Waals surface area contributed by atoms with Crippen LogP contribution in [0, 0.1) is 0 Å². The Hall–Kier alpha value is -6.14. The monoisotopic (exact) mass is 1060 g/mol. The molecule has 8 amide bonds. The molecule has 388 valence electrons. The minimum absolute atomic E-state index is 0.0508. The van der Waals surface area contributed by atoms with Crippen LogP contribution in [0.15, 0.2) is 36.4 Å². The number of halogens is 1. The number of benzene rings is 2. The van der Waals surface area contributed by atoms with Crippen molar-refractivity contribution in [2.24, 2.45) is 0 Å². The van der Waals surface area contributed by atoms with Gasteiger partial charge in [0.25, 0.3) is 23.6 Å². The number of rotatable bonds is 20. The van der Waals surface area contributed by atoms with E-state index in [9.17, 15) is 53.1 Å². The topological polar surface area (TPSA) is 286 Å². The van der Waals surface area contributed by atoms with Crippen LogP contribution in [0.25, 0.3) is 0 Å². The van der Waals surface area contributed by atoms with Crippen LogP contribution in [0.3, 0.4) is 0 Å². The molecular formula is C48H61BrN4O18. The summed E-state index contributed by atoms with van der Waals surface area (Å²) in [6, 6.07) is 6.78. The summed E-state index contributed by atoms with van der Waals surface area (Å²) in [6.45, 7) is 14.2. The predicted molar refractivity (Wildman–Crippen MR) is 251 cm³/mol. The zero-order valence-electron chi connectivity index (χ0n) is 40.6. The minimum atomic E-state index is -1.04. The number of nitrogens with one attached hydrogen (secondary N) is 2. The Balaban J connectivity index is 0.000000256. The fraction of sp³-hybridized carbons (Fsp3) is 0.542. The number of amides is 8. The molecule has 0 spiro atoms. The van der Waals surface area contributed by atoms with Crippen LogP contribution in [0.4, 0.5) is 0 Å². The molecule has 2 unspecified atom stereocenters. The van der Waals surface area contributed by atoms with Gasteiger partial charge in [0.05, 0.1) is 88.0 Å². The zero-order valence-corrected chi connectivity index (χ0v) is 42.2. The summed E-state index contributed by atoms with van der Waals surface area (Å²) in [4.78, 5) is 121. The van der Waals surface area contributed by atoms with Crippen LogP contribution in [0.2, 0.25) is 0 Å². The van der Waals surface area contributed by atoms with Crippen LogP contribution in [0.1, 0.15) is 121 Å². The molecule has 23 heteroatoms. The van der Waals surface area contributed by atoms with Gasteiger partial charge in [-0.3, -0.25) is 68.4 Å². The number of fused-ring (bicyclic) bond motifs is 2. The van der Waals surface area contributed by atoms with Gasteiger partial charge in [-0.2, -0.15) is 0 Å². The Bertz CT molecular complexity index is 2310. The summed E-state index contributed by atoms with van der Waals surface area (Å²) >= 11 is 3.25. The van der Waals surface area contributed by atoms with E-state index in [1.54, 1.807) is 32.9 Å². The highest BCUT2D eigenvalue weighted by molar-refractivity contribution is 9.09. The van der Waals surface area contributed by atoms with Crippen molar-refractivity contribution in [2.45, 2.75) is 103 Å². The van der Waals surface area contributed by atoms with E-state index in [-0.39, 0.29) is 117 Å². The molecule has 2 fully saturated rings. The highest BCUT2D eigenvalue weighted by Gasteiger charge is 2.47. The fourth-order valence-corrected chi connectivity index (χ4v) is 7.34. The van der Waals surface area contributed by atoms with Gasteiger partial charge in [-0.1, -0.05) is 28.1 Å². The highest BCUT2D eigenvalue weighted by atomic mass is 79.9. The van der Waals surface area contributed by atoms with Crippen LogP contribution < -0.4 is 15.4 Å². The van der Waals surface area contributed by atoms with Gasteiger partial charge in [0.1, 0.15) is 41.4 Å². The summed E-state index contributed by atoms with van der Waals surface area (Å²) in [5, 5.41) is 14.8. The average Bonchev–Trinajstić information content (AvgIpc) is 3.69. The van der Waals surface area contributed by atoms with E-state index < -0.39 is 70.5 Å². The van der Waals surface area contributed by atoms with Crippen molar-refractivity contribution < 1.29 is 86.2 Å². The first kappa shape index (κ1) is 57.4. The van der Waals surface area contributed by atoms with Gasteiger partial charge in [-0.15, -0.1) is 0 Å². The Kier molecular flexibility index (Phi) is 21.8. The third-order valence-electron chi connectivity index (χ3n) is 10.1.